The molecule has 0 bridgehead atoms. The summed E-state index contributed by atoms with van der Waals surface area (Å²) in [5.41, 5.74) is 13.5. The van der Waals surface area contributed by atoms with E-state index in [1.165, 1.54) is 22.3 Å². The number of furan rings is 1. The molecule has 5 aromatic carbocycles. The lowest BCUT2D eigenvalue weighted by Crippen LogP contribution is -2.14. The minimum absolute atomic E-state index is 0.0673. The largest absolute Gasteiger partial charge is 0.456 e. The van der Waals surface area contributed by atoms with Gasteiger partial charge in [0.15, 0.2) is 0 Å². The molecule has 0 radical (unpaired) electrons. The molecule has 2 nitrogen and oxygen atoms in total. The van der Waals surface area contributed by atoms with Crippen LogP contribution in [0.2, 0.25) is 0 Å². The molecule has 2 heteroatoms. The van der Waals surface area contributed by atoms with Gasteiger partial charge < -0.3 is 4.42 Å². The predicted octanol–water partition coefficient (Wildman–Crippen LogP) is 10.3. The molecule has 1 aliphatic carbocycles. The first-order valence-electron chi connectivity index (χ1n) is 13.8. The second-order valence-electron chi connectivity index (χ2n) is 11.2. The molecule has 0 saturated carbocycles. The van der Waals surface area contributed by atoms with Crippen molar-refractivity contribution in [3.05, 3.63) is 139 Å². The molecule has 7 aromatic rings. The van der Waals surface area contributed by atoms with Crippen molar-refractivity contribution in [2.45, 2.75) is 19.3 Å². The average molecular weight is 514 g/mol. The van der Waals surface area contributed by atoms with E-state index in [-0.39, 0.29) is 5.41 Å². The Morgan fingerprint density at radius 1 is 0.500 bits per heavy atom. The second kappa shape index (κ2) is 8.53. The summed E-state index contributed by atoms with van der Waals surface area (Å²) in [5, 5.41) is 2.29. The third-order valence-corrected chi connectivity index (χ3v) is 8.47. The number of benzene rings is 5. The minimum atomic E-state index is -0.0673. The molecule has 0 unspecified atom stereocenters. The van der Waals surface area contributed by atoms with E-state index in [4.69, 9.17) is 9.40 Å². The topological polar surface area (TPSA) is 26.0 Å². The Bertz CT molecular complexity index is 2010. The van der Waals surface area contributed by atoms with E-state index < -0.39 is 0 Å². The van der Waals surface area contributed by atoms with Gasteiger partial charge in [0.25, 0.3) is 0 Å². The Balaban J connectivity index is 1.41. The van der Waals surface area contributed by atoms with Gasteiger partial charge in [-0.3, -0.25) is 0 Å². The van der Waals surface area contributed by atoms with Crippen LogP contribution in [0.5, 0.6) is 0 Å². The molecule has 2 heterocycles. The summed E-state index contributed by atoms with van der Waals surface area (Å²) >= 11 is 0. The molecule has 8 rings (SSSR count). The van der Waals surface area contributed by atoms with Crippen LogP contribution in [0.3, 0.4) is 0 Å². The van der Waals surface area contributed by atoms with Crippen LogP contribution in [0.4, 0.5) is 0 Å². The number of hydrogen-bond donors (Lipinski definition) is 0. The van der Waals surface area contributed by atoms with Crippen molar-refractivity contribution in [3.8, 4) is 44.8 Å². The molecule has 1 aliphatic rings. The fraction of sp³-hybridized carbons (Fsp3) is 0.0789. The molecular weight excluding hydrogens is 486 g/mol. The molecule has 0 aliphatic heterocycles. The second-order valence-corrected chi connectivity index (χ2v) is 11.2. The van der Waals surface area contributed by atoms with E-state index in [1.54, 1.807) is 0 Å². The summed E-state index contributed by atoms with van der Waals surface area (Å²) < 4.78 is 6.55. The summed E-state index contributed by atoms with van der Waals surface area (Å²) in [6.07, 6.45) is 0. The van der Waals surface area contributed by atoms with Crippen LogP contribution >= 0.6 is 0 Å². The van der Waals surface area contributed by atoms with Crippen molar-refractivity contribution >= 4 is 21.9 Å². The van der Waals surface area contributed by atoms with Gasteiger partial charge in [0.05, 0.1) is 11.4 Å². The lowest BCUT2D eigenvalue weighted by Gasteiger charge is -2.21. The molecule has 0 spiro atoms. The van der Waals surface area contributed by atoms with Gasteiger partial charge in [0, 0.05) is 27.3 Å². The number of hydrogen-bond acceptors (Lipinski definition) is 2. The zero-order valence-corrected chi connectivity index (χ0v) is 22.5. The van der Waals surface area contributed by atoms with Crippen LogP contribution in [0, 0.1) is 0 Å². The molecule has 2 aromatic heterocycles. The zero-order chi connectivity index (χ0) is 26.8. The number of rotatable bonds is 3. The SMILES string of the molecule is CC1(C)c2ccccc2-c2cc3c(cc21)oc1cccc(-c2cc(-c4ccccc4)nc(-c4ccccc4)c2)c13. The van der Waals surface area contributed by atoms with Crippen molar-refractivity contribution in [2.75, 3.05) is 0 Å². The third-order valence-electron chi connectivity index (χ3n) is 8.47. The monoisotopic (exact) mass is 513 g/mol. The fourth-order valence-electron chi connectivity index (χ4n) is 6.46. The first kappa shape index (κ1) is 23.0. The quantitative estimate of drug-likeness (QED) is 0.235. The highest BCUT2D eigenvalue weighted by atomic mass is 16.3. The maximum absolute atomic E-state index is 6.55. The molecule has 190 valence electrons. The van der Waals surface area contributed by atoms with E-state index in [1.807, 2.05) is 12.1 Å². The highest BCUT2D eigenvalue weighted by Gasteiger charge is 2.36. The molecule has 0 atom stereocenters. The Hall–Kier alpha value is -4.95. The molecule has 0 saturated heterocycles. The normalized spacial score (nSPS) is 13.4. The lowest BCUT2D eigenvalue weighted by molar-refractivity contribution is 0.647. The third kappa shape index (κ3) is 3.39. The van der Waals surface area contributed by atoms with Gasteiger partial charge in [-0.25, -0.2) is 4.98 Å². The van der Waals surface area contributed by atoms with E-state index in [0.29, 0.717) is 0 Å². The Labute approximate surface area is 233 Å². The first-order chi connectivity index (χ1) is 19.6. The van der Waals surface area contributed by atoms with Crippen molar-refractivity contribution in [2.24, 2.45) is 0 Å². The van der Waals surface area contributed by atoms with Crippen molar-refractivity contribution in [3.63, 3.8) is 0 Å². The summed E-state index contributed by atoms with van der Waals surface area (Å²) in [7, 11) is 0. The Morgan fingerprint density at radius 2 is 1.12 bits per heavy atom. The first-order valence-corrected chi connectivity index (χ1v) is 13.8. The van der Waals surface area contributed by atoms with Gasteiger partial charge in [0.2, 0.25) is 0 Å². The summed E-state index contributed by atoms with van der Waals surface area (Å²) in [5.74, 6) is 0. The van der Waals surface area contributed by atoms with E-state index >= 15 is 0 Å². The van der Waals surface area contributed by atoms with Crippen LogP contribution in [0.1, 0.15) is 25.0 Å². The van der Waals surface area contributed by atoms with Gasteiger partial charge in [-0.15, -0.1) is 0 Å². The van der Waals surface area contributed by atoms with Gasteiger partial charge in [0.1, 0.15) is 11.2 Å². The Kier molecular flexibility index (Phi) is 4.90. The van der Waals surface area contributed by atoms with Gasteiger partial charge in [-0.05, 0) is 63.7 Å². The number of fused-ring (bicyclic) bond motifs is 6. The van der Waals surface area contributed by atoms with Crippen LogP contribution in [0.15, 0.2) is 132 Å². The van der Waals surface area contributed by atoms with Gasteiger partial charge in [-0.1, -0.05) is 111 Å². The van der Waals surface area contributed by atoms with Crippen LogP contribution < -0.4 is 0 Å². The predicted molar refractivity (Wildman–Crippen MR) is 165 cm³/mol. The maximum atomic E-state index is 6.55. The molecule has 0 N–H and O–H groups in total. The standard InChI is InChI=1S/C38H27NO/c1-38(2)31-18-10-9-16-28(31)29-22-30-36(23-32(29)38)40-35-19-11-17-27(37(30)35)26-20-33(24-12-5-3-6-13-24)39-34(21-26)25-14-7-4-8-15-25/h3-23H,1-2H3. The van der Waals surface area contributed by atoms with Gasteiger partial charge in [-0.2, -0.15) is 0 Å². The van der Waals surface area contributed by atoms with Crippen molar-refractivity contribution in [1.29, 1.82) is 0 Å². The van der Waals surface area contributed by atoms with Crippen molar-refractivity contribution < 1.29 is 4.42 Å². The molecule has 40 heavy (non-hydrogen) atoms. The molecule has 0 fully saturated rings. The van der Waals surface area contributed by atoms with Crippen LogP contribution in [-0.2, 0) is 5.41 Å². The fourth-order valence-corrected chi connectivity index (χ4v) is 6.46. The molecule has 0 amide bonds. The number of aromatic nitrogens is 1. The van der Waals surface area contributed by atoms with E-state index in [2.05, 4.69) is 129 Å². The summed E-state index contributed by atoms with van der Waals surface area (Å²) in [4.78, 5) is 5.09. The smallest absolute Gasteiger partial charge is 0.136 e. The van der Waals surface area contributed by atoms with Crippen LogP contribution in [0.25, 0.3) is 66.7 Å². The molecular formula is C38H27NO. The summed E-state index contributed by atoms with van der Waals surface area (Å²) in [6.45, 7) is 4.62. The van der Waals surface area contributed by atoms with Crippen LogP contribution in [-0.4, -0.2) is 4.98 Å². The maximum Gasteiger partial charge on any atom is 0.136 e. The highest BCUT2D eigenvalue weighted by Crippen LogP contribution is 2.51. The lowest BCUT2D eigenvalue weighted by atomic mass is 9.82. The highest BCUT2D eigenvalue weighted by molar-refractivity contribution is 6.14. The van der Waals surface area contributed by atoms with Gasteiger partial charge >= 0.3 is 0 Å². The van der Waals surface area contributed by atoms with E-state index in [9.17, 15) is 0 Å². The average Bonchev–Trinajstić information content (AvgIpc) is 3.49. The zero-order valence-electron chi connectivity index (χ0n) is 22.5. The Morgan fingerprint density at radius 3 is 1.82 bits per heavy atom. The number of pyridine rings is 1. The van der Waals surface area contributed by atoms with E-state index in [0.717, 1.165) is 55.6 Å². The number of nitrogens with zero attached hydrogens (tertiary/aromatic N) is 1. The minimum Gasteiger partial charge on any atom is -0.456 e. The summed E-state index contributed by atoms with van der Waals surface area (Å²) in [6, 6.07) is 45.1. The van der Waals surface area contributed by atoms with Crippen molar-refractivity contribution in [1.82, 2.24) is 4.98 Å².